The third-order valence-corrected chi connectivity index (χ3v) is 3.77. The van der Waals surface area contributed by atoms with Gasteiger partial charge in [-0.3, -0.25) is 4.79 Å². The van der Waals surface area contributed by atoms with Crippen LogP contribution in [0.2, 0.25) is 0 Å². The molecule has 0 fully saturated rings. The van der Waals surface area contributed by atoms with Crippen molar-refractivity contribution < 1.29 is 13.2 Å². The van der Waals surface area contributed by atoms with Crippen LogP contribution in [0.3, 0.4) is 0 Å². The SMILES string of the molecule is CC(C)S(=O)(=O)NC(=O)c1ccccc1N. The molecule has 0 aliphatic rings. The van der Waals surface area contributed by atoms with Gasteiger partial charge in [-0.25, -0.2) is 13.1 Å². The summed E-state index contributed by atoms with van der Waals surface area (Å²) in [4.78, 5) is 11.6. The van der Waals surface area contributed by atoms with E-state index >= 15 is 0 Å². The summed E-state index contributed by atoms with van der Waals surface area (Å²) < 4.78 is 24.9. The first-order valence-corrected chi connectivity index (χ1v) is 6.29. The van der Waals surface area contributed by atoms with E-state index in [9.17, 15) is 13.2 Å². The van der Waals surface area contributed by atoms with Crippen LogP contribution in [-0.2, 0) is 10.0 Å². The Morgan fingerprint density at radius 2 is 1.88 bits per heavy atom. The number of benzene rings is 1. The maximum Gasteiger partial charge on any atom is 0.266 e. The van der Waals surface area contributed by atoms with Crippen LogP contribution >= 0.6 is 0 Å². The largest absolute Gasteiger partial charge is 0.398 e. The molecule has 0 aliphatic heterocycles. The van der Waals surface area contributed by atoms with Gasteiger partial charge in [0.05, 0.1) is 10.8 Å². The molecule has 0 aliphatic carbocycles. The van der Waals surface area contributed by atoms with E-state index in [1.165, 1.54) is 26.0 Å². The minimum absolute atomic E-state index is 0.159. The fourth-order valence-electron chi connectivity index (χ4n) is 1.01. The monoisotopic (exact) mass is 242 g/mol. The van der Waals surface area contributed by atoms with Gasteiger partial charge in [0.2, 0.25) is 10.0 Å². The van der Waals surface area contributed by atoms with Crippen molar-refractivity contribution in [3.05, 3.63) is 29.8 Å². The minimum atomic E-state index is -3.62. The van der Waals surface area contributed by atoms with Gasteiger partial charge in [-0.1, -0.05) is 12.1 Å². The Morgan fingerprint density at radius 1 is 1.31 bits per heavy atom. The molecular formula is C10H14N2O3S. The summed E-state index contributed by atoms with van der Waals surface area (Å²) in [6, 6.07) is 6.30. The van der Waals surface area contributed by atoms with Crippen molar-refractivity contribution in [2.75, 3.05) is 5.73 Å². The molecule has 1 aromatic carbocycles. The number of nitrogen functional groups attached to an aromatic ring is 1. The molecule has 88 valence electrons. The normalized spacial score (nSPS) is 11.4. The molecule has 0 radical (unpaired) electrons. The van der Waals surface area contributed by atoms with E-state index in [1.807, 2.05) is 4.72 Å². The second-order valence-corrected chi connectivity index (χ2v) is 5.85. The first-order chi connectivity index (χ1) is 7.34. The molecule has 16 heavy (non-hydrogen) atoms. The third-order valence-electron chi connectivity index (χ3n) is 2.06. The molecule has 6 heteroatoms. The van der Waals surface area contributed by atoms with Crippen LogP contribution < -0.4 is 10.5 Å². The van der Waals surface area contributed by atoms with E-state index in [2.05, 4.69) is 0 Å². The van der Waals surface area contributed by atoms with Gasteiger partial charge < -0.3 is 5.73 Å². The van der Waals surface area contributed by atoms with Crippen molar-refractivity contribution in [1.29, 1.82) is 0 Å². The fourth-order valence-corrected chi connectivity index (χ4v) is 1.61. The Kier molecular flexibility index (Phi) is 3.54. The number of amides is 1. The van der Waals surface area contributed by atoms with E-state index in [0.29, 0.717) is 0 Å². The summed E-state index contributed by atoms with van der Waals surface area (Å²) in [5.74, 6) is -0.702. The molecule has 1 rings (SSSR count). The molecule has 1 aromatic rings. The van der Waals surface area contributed by atoms with Crippen LogP contribution in [0, 0.1) is 0 Å². The second-order valence-electron chi connectivity index (χ2n) is 3.61. The van der Waals surface area contributed by atoms with E-state index < -0.39 is 21.2 Å². The van der Waals surface area contributed by atoms with E-state index in [4.69, 9.17) is 5.73 Å². The molecule has 5 nitrogen and oxygen atoms in total. The summed E-state index contributed by atoms with van der Waals surface area (Å²) >= 11 is 0. The van der Waals surface area contributed by atoms with Crippen molar-refractivity contribution in [2.45, 2.75) is 19.1 Å². The molecule has 0 aromatic heterocycles. The Balaban J connectivity index is 2.94. The highest BCUT2D eigenvalue weighted by Gasteiger charge is 2.20. The van der Waals surface area contributed by atoms with Crippen molar-refractivity contribution in [1.82, 2.24) is 4.72 Å². The number of carbonyl (C=O) groups excluding carboxylic acids is 1. The standard InChI is InChI=1S/C10H14N2O3S/c1-7(2)16(14,15)12-10(13)8-5-3-4-6-9(8)11/h3-7H,11H2,1-2H3,(H,12,13). The topological polar surface area (TPSA) is 89.3 Å². The average molecular weight is 242 g/mol. The van der Waals surface area contributed by atoms with Crippen LogP contribution in [0.5, 0.6) is 0 Å². The van der Waals surface area contributed by atoms with Crippen LogP contribution in [0.1, 0.15) is 24.2 Å². The Bertz CT molecular complexity index is 495. The number of carbonyl (C=O) groups is 1. The number of rotatable bonds is 3. The smallest absolute Gasteiger partial charge is 0.266 e. The lowest BCUT2D eigenvalue weighted by atomic mass is 10.2. The van der Waals surface area contributed by atoms with Crippen LogP contribution in [-0.4, -0.2) is 19.6 Å². The molecule has 3 N–H and O–H groups in total. The second kappa shape index (κ2) is 4.52. The van der Waals surface area contributed by atoms with Crippen LogP contribution in [0.15, 0.2) is 24.3 Å². The summed E-state index contributed by atoms with van der Waals surface area (Å²) in [6.07, 6.45) is 0. The molecule has 0 saturated heterocycles. The van der Waals surface area contributed by atoms with Crippen LogP contribution in [0.4, 0.5) is 5.69 Å². The van der Waals surface area contributed by atoms with Crippen molar-refractivity contribution in [3.8, 4) is 0 Å². The fraction of sp³-hybridized carbons (Fsp3) is 0.300. The summed E-state index contributed by atoms with van der Waals surface area (Å²) in [6.45, 7) is 2.98. The number of nitrogens with one attached hydrogen (secondary N) is 1. The zero-order valence-electron chi connectivity index (χ0n) is 9.10. The lowest BCUT2D eigenvalue weighted by molar-refractivity contribution is 0.0982. The van der Waals surface area contributed by atoms with Gasteiger partial charge in [0.1, 0.15) is 0 Å². The predicted molar refractivity (Wildman–Crippen MR) is 62.4 cm³/mol. The lowest BCUT2D eigenvalue weighted by Gasteiger charge is -2.10. The van der Waals surface area contributed by atoms with E-state index in [-0.39, 0.29) is 11.3 Å². The number of hydrogen-bond acceptors (Lipinski definition) is 4. The van der Waals surface area contributed by atoms with Gasteiger partial charge in [0.15, 0.2) is 0 Å². The lowest BCUT2D eigenvalue weighted by Crippen LogP contribution is -2.36. The van der Waals surface area contributed by atoms with Crippen molar-refractivity contribution in [2.24, 2.45) is 0 Å². The molecular weight excluding hydrogens is 228 g/mol. The minimum Gasteiger partial charge on any atom is -0.398 e. The van der Waals surface area contributed by atoms with E-state index in [1.54, 1.807) is 12.1 Å². The zero-order valence-corrected chi connectivity index (χ0v) is 9.91. The zero-order chi connectivity index (χ0) is 12.3. The summed E-state index contributed by atoms with van der Waals surface area (Å²) in [7, 11) is -3.62. The van der Waals surface area contributed by atoms with Gasteiger partial charge in [-0.15, -0.1) is 0 Å². The Morgan fingerprint density at radius 3 is 2.38 bits per heavy atom. The molecule has 0 heterocycles. The third kappa shape index (κ3) is 2.73. The quantitative estimate of drug-likeness (QED) is 0.765. The van der Waals surface area contributed by atoms with Gasteiger partial charge in [0.25, 0.3) is 5.91 Å². The Labute approximate surface area is 94.7 Å². The number of sulfonamides is 1. The molecule has 1 amide bonds. The molecule has 0 saturated carbocycles. The van der Waals surface area contributed by atoms with Crippen LogP contribution in [0.25, 0.3) is 0 Å². The molecule has 0 atom stereocenters. The average Bonchev–Trinajstić information content (AvgIpc) is 2.17. The number of para-hydroxylation sites is 1. The summed E-state index contributed by atoms with van der Waals surface area (Å²) in [5, 5.41) is -0.665. The number of nitrogens with two attached hydrogens (primary N) is 1. The van der Waals surface area contributed by atoms with E-state index in [0.717, 1.165) is 0 Å². The maximum atomic E-state index is 11.6. The summed E-state index contributed by atoms with van der Waals surface area (Å²) in [5.41, 5.74) is 5.97. The highest BCUT2D eigenvalue weighted by Crippen LogP contribution is 2.11. The van der Waals surface area contributed by atoms with Gasteiger partial charge in [0, 0.05) is 5.69 Å². The number of hydrogen-bond donors (Lipinski definition) is 2. The van der Waals surface area contributed by atoms with Gasteiger partial charge in [-0.05, 0) is 26.0 Å². The molecule has 0 bridgehead atoms. The van der Waals surface area contributed by atoms with Gasteiger partial charge >= 0.3 is 0 Å². The van der Waals surface area contributed by atoms with Gasteiger partial charge in [-0.2, -0.15) is 0 Å². The highest BCUT2D eigenvalue weighted by molar-refractivity contribution is 7.90. The predicted octanol–water partition coefficient (Wildman–Crippen LogP) is 0.737. The first-order valence-electron chi connectivity index (χ1n) is 4.75. The van der Waals surface area contributed by atoms with Crippen molar-refractivity contribution >= 4 is 21.6 Å². The first kappa shape index (κ1) is 12.5. The van der Waals surface area contributed by atoms with Crippen molar-refractivity contribution in [3.63, 3.8) is 0 Å². The number of anilines is 1. The molecule has 0 unspecified atom stereocenters. The maximum absolute atomic E-state index is 11.6. The highest BCUT2D eigenvalue weighted by atomic mass is 32.2. The Hall–Kier alpha value is -1.56. The molecule has 0 spiro atoms.